The maximum absolute atomic E-state index is 4.09. The van der Waals surface area contributed by atoms with Gasteiger partial charge in [-0.2, -0.15) is 0 Å². The van der Waals surface area contributed by atoms with Crippen molar-refractivity contribution in [3.63, 3.8) is 0 Å². The molecule has 11 heavy (non-hydrogen) atoms. The molecule has 0 fully saturated rings. The summed E-state index contributed by atoms with van der Waals surface area (Å²) in [5.41, 5.74) is 2.71. The van der Waals surface area contributed by atoms with Gasteiger partial charge in [-0.1, -0.05) is 12.7 Å². The molecule has 0 aliphatic heterocycles. The summed E-state index contributed by atoms with van der Waals surface area (Å²) in [5.74, 6) is 0. The summed E-state index contributed by atoms with van der Waals surface area (Å²) in [6.45, 7) is 8.03. The molecule has 1 N–H and O–H groups in total. The molecule has 0 unspecified atom stereocenters. The van der Waals surface area contributed by atoms with E-state index in [9.17, 15) is 0 Å². The number of nitrogens with one attached hydrogen (secondary N) is 1. The van der Waals surface area contributed by atoms with Gasteiger partial charge in [-0.15, -0.1) is 17.9 Å². The van der Waals surface area contributed by atoms with Crippen LogP contribution in [0.4, 0.5) is 5.00 Å². The van der Waals surface area contributed by atoms with Gasteiger partial charge in [0.2, 0.25) is 0 Å². The topological polar surface area (TPSA) is 24.9 Å². The maximum atomic E-state index is 4.09. The molecule has 0 aromatic carbocycles. The molecular weight excluding hydrogens is 156 g/mol. The third-order valence-corrected chi connectivity index (χ3v) is 2.00. The van der Waals surface area contributed by atoms with Crippen LogP contribution in [0.5, 0.6) is 0 Å². The Bertz CT molecular complexity index is 252. The van der Waals surface area contributed by atoms with Crippen LogP contribution in [0.1, 0.15) is 5.69 Å². The van der Waals surface area contributed by atoms with Crippen molar-refractivity contribution in [2.45, 2.75) is 0 Å². The van der Waals surface area contributed by atoms with Gasteiger partial charge in [0.25, 0.3) is 0 Å². The van der Waals surface area contributed by atoms with Crippen molar-refractivity contribution in [3.8, 4) is 0 Å². The molecule has 0 bridgehead atoms. The molecule has 2 nitrogen and oxygen atoms in total. The molecule has 58 valence electrons. The number of aromatic nitrogens is 1. The number of thiazole rings is 1. The Hall–Kier alpha value is -1.09. The van der Waals surface area contributed by atoms with Gasteiger partial charge >= 0.3 is 0 Å². The van der Waals surface area contributed by atoms with Crippen LogP contribution in [0.15, 0.2) is 24.7 Å². The molecule has 0 aliphatic carbocycles. The first-order valence-corrected chi connectivity index (χ1v) is 4.17. The highest BCUT2D eigenvalue weighted by Crippen LogP contribution is 2.20. The summed E-state index contributed by atoms with van der Waals surface area (Å²) < 4.78 is 0. The average Bonchev–Trinajstić information content (AvgIpc) is 2.47. The van der Waals surface area contributed by atoms with Crippen LogP contribution in [0.25, 0.3) is 6.08 Å². The zero-order chi connectivity index (χ0) is 8.10. The zero-order valence-corrected chi connectivity index (χ0v) is 7.03. The third kappa shape index (κ3) is 1.91. The normalized spacial score (nSPS) is 9.09. The summed E-state index contributed by atoms with van der Waals surface area (Å²) >= 11 is 1.57. The van der Waals surface area contributed by atoms with E-state index in [0.29, 0.717) is 0 Å². The molecule has 0 saturated heterocycles. The Morgan fingerprint density at radius 2 is 2.45 bits per heavy atom. The highest BCUT2D eigenvalue weighted by Gasteiger charge is 1.98. The van der Waals surface area contributed by atoms with Crippen LogP contribution in [-0.4, -0.2) is 11.5 Å². The molecular formula is C8H10N2S. The average molecular weight is 166 g/mol. The monoisotopic (exact) mass is 166 g/mol. The van der Waals surface area contributed by atoms with E-state index in [1.807, 2.05) is 6.08 Å². The second kappa shape index (κ2) is 3.93. The summed E-state index contributed by atoms with van der Waals surface area (Å²) in [4.78, 5) is 4.09. The van der Waals surface area contributed by atoms with Crippen LogP contribution >= 0.6 is 11.3 Å². The predicted octanol–water partition coefficient (Wildman–Crippen LogP) is 2.38. The van der Waals surface area contributed by atoms with E-state index in [4.69, 9.17) is 0 Å². The van der Waals surface area contributed by atoms with Crippen molar-refractivity contribution in [1.82, 2.24) is 4.98 Å². The first kappa shape index (κ1) is 8.01. The van der Waals surface area contributed by atoms with E-state index in [-0.39, 0.29) is 0 Å². The molecule has 1 aromatic rings. The molecule has 3 heteroatoms. The number of rotatable bonds is 4. The van der Waals surface area contributed by atoms with E-state index in [1.54, 1.807) is 22.9 Å². The fraction of sp³-hybridized carbons (Fsp3) is 0.125. The number of hydrogen-bond donors (Lipinski definition) is 1. The lowest BCUT2D eigenvalue weighted by atomic mass is 10.4. The summed E-state index contributed by atoms with van der Waals surface area (Å²) in [5, 5.41) is 4.22. The minimum atomic E-state index is 0.767. The lowest BCUT2D eigenvalue weighted by Gasteiger charge is -1.98. The fourth-order valence-electron chi connectivity index (χ4n) is 0.697. The summed E-state index contributed by atoms with van der Waals surface area (Å²) in [6.07, 6.45) is 3.55. The van der Waals surface area contributed by atoms with Crippen LogP contribution < -0.4 is 5.32 Å². The molecule has 0 aliphatic rings. The molecule has 0 saturated carbocycles. The highest BCUT2D eigenvalue weighted by molar-refractivity contribution is 7.14. The van der Waals surface area contributed by atoms with E-state index >= 15 is 0 Å². The van der Waals surface area contributed by atoms with Gasteiger partial charge in [0.1, 0.15) is 5.00 Å². The molecule has 0 amide bonds. The van der Waals surface area contributed by atoms with Gasteiger partial charge in [0.05, 0.1) is 11.2 Å². The van der Waals surface area contributed by atoms with Crippen LogP contribution in [0.3, 0.4) is 0 Å². The van der Waals surface area contributed by atoms with Crippen LogP contribution in [0.2, 0.25) is 0 Å². The Morgan fingerprint density at radius 1 is 1.64 bits per heavy atom. The number of anilines is 1. The SMILES string of the molecule is C=CCNc1scnc1C=C. The predicted molar refractivity (Wildman–Crippen MR) is 50.9 cm³/mol. The molecule has 0 atom stereocenters. The fourth-order valence-corrected chi connectivity index (χ4v) is 1.39. The lowest BCUT2D eigenvalue weighted by molar-refractivity contribution is 1.32. The molecule has 1 rings (SSSR count). The Labute approximate surface area is 70.3 Å². The number of hydrogen-bond acceptors (Lipinski definition) is 3. The van der Waals surface area contributed by atoms with E-state index in [0.717, 1.165) is 17.2 Å². The van der Waals surface area contributed by atoms with Crippen molar-refractivity contribution >= 4 is 22.4 Å². The largest absolute Gasteiger partial charge is 0.372 e. The van der Waals surface area contributed by atoms with E-state index in [2.05, 4.69) is 23.5 Å². The maximum Gasteiger partial charge on any atom is 0.116 e. The zero-order valence-electron chi connectivity index (χ0n) is 6.21. The molecule has 0 spiro atoms. The number of nitrogens with zero attached hydrogens (tertiary/aromatic N) is 1. The van der Waals surface area contributed by atoms with Crippen molar-refractivity contribution in [2.24, 2.45) is 0 Å². The van der Waals surface area contributed by atoms with Crippen molar-refractivity contribution in [1.29, 1.82) is 0 Å². The smallest absolute Gasteiger partial charge is 0.116 e. The Kier molecular flexibility index (Phi) is 2.86. The van der Waals surface area contributed by atoms with E-state index < -0.39 is 0 Å². The van der Waals surface area contributed by atoms with Gasteiger partial charge in [0, 0.05) is 6.54 Å². The molecule has 1 heterocycles. The molecule has 0 radical (unpaired) electrons. The lowest BCUT2D eigenvalue weighted by Crippen LogP contribution is -1.96. The summed E-state index contributed by atoms with van der Waals surface area (Å²) in [7, 11) is 0. The van der Waals surface area contributed by atoms with Gasteiger partial charge in [-0.3, -0.25) is 0 Å². The highest BCUT2D eigenvalue weighted by atomic mass is 32.1. The van der Waals surface area contributed by atoms with Gasteiger partial charge in [-0.05, 0) is 6.08 Å². The van der Waals surface area contributed by atoms with Crippen molar-refractivity contribution in [2.75, 3.05) is 11.9 Å². The second-order valence-corrected chi connectivity index (χ2v) is 2.80. The van der Waals surface area contributed by atoms with Crippen molar-refractivity contribution < 1.29 is 0 Å². The van der Waals surface area contributed by atoms with E-state index in [1.165, 1.54) is 0 Å². The van der Waals surface area contributed by atoms with Gasteiger partial charge in [0.15, 0.2) is 0 Å². The minimum absolute atomic E-state index is 0.767. The Balaban J connectivity index is 2.67. The first-order chi connectivity index (χ1) is 5.38. The Morgan fingerprint density at radius 3 is 3.09 bits per heavy atom. The van der Waals surface area contributed by atoms with Gasteiger partial charge in [-0.25, -0.2) is 4.98 Å². The second-order valence-electron chi connectivity index (χ2n) is 1.94. The quantitative estimate of drug-likeness (QED) is 0.695. The minimum Gasteiger partial charge on any atom is -0.372 e. The standard InChI is InChI=1S/C8H10N2S/c1-3-5-9-8-7(4-2)10-6-11-8/h3-4,6,9H,1-2,5H2. The van der Waals surface area contributed by atoms with Crippen molar-refractivity contribution in [3.05, 3.63) is 30.4 Å². The third-order valence-electron chi connectivity index (χ3n) is 1.20. The molecule has 1 aromatic heterocycles. The summed E-state index contributed by atoms with van der Waals surface area (Å²) in [6, 6.07) is 0. The first-order valence-electron chi connectivity index (χ1n) is 3.29. The van der Waals surface area contributed by atoms with Crippen LogP contribution in [-0.2, 0) is 0 Å². The van der Waals surface area contributed by atoms with Crippen LogP contribution in [0, 0.1) is 0 Å². The van der Waals surface area contributed by atoms with Gasteiger partial charge < -0.3 is 5.32 Å².